The van der Waals surface area contributed by atoms with Crippen molar-refractivity contribution in [1.82, 2.24) is 9.55 Å². The Morgan fingerprint density at radius 2 is 2.25 bits per heavy atom. The van der Waals surface area contributed by atoms with Gasteiger partial charge in [-0.1, -0.05) is 0 Å². The third kappa shape index (κ3) is 1.76. The fourth-order valence-corrected chi connectivity index (χ4v) is 2.57. The fraction of sp³-hybridized carbons (Fsp3) is 0.400. The largest absolute Gasteiger partial charge is 0.331 e. The van der Waals surface area contributed by atoms with E-state index in [2.05, 4.69) is 16.4 Å². The van der Waals surface area contributed by atoms with Gasteiger partial charge in [0.1, 0.15) is 11.2 Å². The average Bonchev–Trinajstić information content (AvgIpc) is 2.64. The zero-order valence-electron chi connectivity index (χ0n) is 11.6. The molecule has 1 N–H and O–H groups in total. The number of aromatic nitrogens is 2. The van der Waals surface area contributed by atoms with Crippen molar-refractivity contribution in [3.8, 4) is 6.07 Å². The van der Waals surface area contributed by atoms with Crippen LogP contribution < -0.4 is 5.32 Å². The van der Waals surface area contributed by atoms with Crippen LogP contribution in [-0.2, 0) is 11.8 Å². The Morgan fingerprint density at radius 1 is 1.50 bits per heavy atom. The number of aryl methyl sites for hydroxylation is 2. The van der Waals surface area contributed by atoms with Gasteiger partial charge in [-0.2, -0.15) is 5.26 Å². The maximum Gasteiger partial charge on any atom is 0.244 e. The molecule has 3 rings (SSSR count). The number of imidazole rings is 1. The first-order valence-electron chi connectivity index (χ1n) is 6.71. The van der Waals surface area contributed by atoms with Crippen molar-refractivity contribution in [1.29, 1.82) is 5.26 Å². The first-order valence-corrected chi connectivity index (χ1v) is 6.71. The molecule has 0 radical (unpaired) electrons. The van der Waals surface area contributed by atoms with E-state index in [1.807, 2.05) is 36.7 Å². The topological polar surface area (TPSA) is 70.7 Å². The van der Waals surface area contributed by atoms with E-state index in [0.29, 0.717) is 18.5 Å². The van der Waals surface area contributed by atoms with Gasteiger partial charge in [-0.3, -0.25) is 4.79 Å². The third-order valence-electron chi connectivity index (χ3n) is 4.22. The van der Waals surface area contributed by atoms with E-state index < -0.39 is 5.41 Å². The van der Waals surface area contributed by atoms with Crippen molar-refractivity contribution in [2.24, 2.45) is 12.5 Å². The highest BCUT2D eigenvalue weighted by Crippen LogP contribution is 2.41. The Balaban J connectivity index is 1.88. The van der Waals surface area contributed by atoms with Crippen LogP contribution >= 0.6 is 0 Å². The Bertz CT molecular complexity index is 734. The number of nitrogens with one attached hydrogen (secondary N) is 1. The molecule has 0 bridgehead atoms. The van der Waals surface area contributed by atoms with Gasteiger partial charge in [-0.15, -0.1) is 0 Å². The zero-order valence-corrected chi connectivity index (χ0v) is 11.6. The van der Waals surface area contributed by atoms with Gasteiger partial charge in [-0.05, 0) is 44.4 Å². The third-order valence-corrected chi connectivity index (χ3v) is 4.22. The number of nitrogens with zero attached hydrogens (tertiary/aromatic N) is 3. The monoisotopic (exact) mass is 268 g/mol. The quantitative estimate of drug-likeness (QED) is 0.909. The number of hydrogen-bond donors (Lipinski definition) is 1. The number of hydrogen-bond acceptors (Lipinski definition) is 3. The summed E-state index contributed by atoms with van der Waals surface area (Å²) >= 11 is 0. The summed E-state index contributed by atoms with van der Waals surface area (Å²) in [6, 6.07) is 7.79. The van der Waals surface area contributed by atoms with Crippen LogP contribution in [0.3, 0.4) is 0 Å². The second kappa shape index (κ2) is 4.34. The minimum atomic E-state index is -0.824. The van der Waals surface area contributed by atoms with Crippen molar-refractivity contribution >= 4 is 22.6 Å². The van der Waals surface area contributed by atoms with Crippen LogP contribution in [-0.4, -0.2) is 15.5 Å². The SMILES string of the molecule is Cc1nc2cc(NC(=O)C3(C#N)CCC3)ccc2n1C. The van der Waals surface area contributed by atoms with Crippen LogP contribution in [0.5, 0.6) is 0 Å². The Labute approximate surface area is 117 Å². The predicted octanol–water partition coefficient (Wildman–Crippen LogP) is 2.51. The van der Waals surface area contributed by atoms with Gasteiger partial charge in [0.2, 0.25) is 5.91 Å². The predicted molar refractivity (Wildman–Crippen MR) is 76.0 cm³/mol. The molecule has 1 fully saturated rings. The summed E-state index contributed by atoms with van der Waals surface area (Å²) in [6.45, 7) is 1.94. The van der Waals surface area contributed by atoms with Crippen molar-refractivity contribution in [2.45, 2.75) is 26.2 Å². The molecule has 1 aliphatic rings. The van der Waals surface area contributed by atoms with Crippen LogP contribution in [0.25, 0.3) is 11.0 Å². The molecule has 1 saturated carbocycles. The molecule has 1 amide bonds. The molecule has 1 aromatic heterocycles. The zero-order chi connectivity index (χ0) is 14.3. The average molecular weight is 268 g/mol. The highest BCUT2D eigenvalue weighted by Gasteiger charge is 2.44. The van der Waals surface area contributed by atoms with Crippen molar-refractivity contribution < 1.29 is 4.79 Å². The molecule has 5 heteroatoms. The summed E-state index contributed by atoms with van der Waals surface area (Å²) in [4.78, 5) is 16.6. The maximum absolute atomic E-state index is 12.2. The Hall–Kier alpha value is -2.35. The summed E-state index contributed by atoms with van der Waals surface area (Å²) < 4.78 is 2.00. The molecule has 0 unspecified atom stereocenters. The van der Waals surface area contributed by atoms with Crippen LogP contribution in [0.4, 0.5) is 5.69 Å². The van der Waals surface area contributed by atoms with E-state index in [0.717, 1.165) is 23.3 Å². The van der Waals surface area contributed by atoms with Crippen LogP contribution in [0.2, 0.25) is 0 Å². The van der Waals surface area contributed by atoms with Gasteiger partial charge in [0.15, 0.2) is 0 Å². The van der Waals surface area contributed by atoms with Crippen LogP contribution in [0.1, 0.15) is 25.1 Å². The molecule has 2 aromatic rings. The minimum Gasteiger partial charge on any atom is -0.331 e. The fourth-order valence-electron chi connectivity index (χ4n) is 2.57. The number of fused-ring (bicyclic) bond motifs is 1. The second-order valence-corrected chi connectivity index (χ2v) is 5.42. The van der Waals surface area contributed by atoms with Crippen molar-refractivity contribution in [3.63, 3.8) is 0 Å². The Kier molecular flexibility index (Phi) is 2.75. The molecule has 0 saturated heterocycles. The van der Waals surface area contributed by atoms with Gasteiger partial charge in [-0.25, -0.2) is 4.98 Å². The van der Waals surface area contributed by atoms with E-state index in [9.17, 15) is 4.79 Å². The summed E-state index contributed by atoms with van der Waals surface area (Å²) in [5.74, 6) is 0.731. The molecular weight excluding hydrogens is 252 g/mol. The lowest BCUT2D eigenvalue weighted by atomic mass is 9.69. The molecular formula is C15H16N4O. The minimum absolute atomic E-state index is 0.196. The van der Waals surface area contributed by atoms with E-state index >= 15 is 0 Å². The molecule has 0 spiro atoms. The second-order valence-electron chi connectivity index (χ2n) is 5.42. The summed E-state index contributed by atoms with van der Waals surface area (Å²) in [6.07, 6.45) is 2.25. The number of anilines is 1. The molecule has 5 nitrogen and oxygen atoms in total. The van der Waals surface area contributed by atoms with E-state index in [1.165, 1.54) is 0 Å². The molecule has 1 heterocycles. The lowest BCUT2D eigenvalue weighted by Crippen LogP contribution is -2.40. The van der Waals surface area contributed by atoms with Crippen molar-refractivity contribution in [2.75, 3.05) is 5.32 Å². The number of rotatable bonds is 2. The number of benzene rings is 1. The normalized spacial score (nSPS) is 16.4. The van der Waals surface area contributed by atoms with Gasteiger partial charge in [0.25, 0.3) is 0 Å². The first-order chi connectivity index (χ1) is 9.55. The van der Waals surface area contributed by atoms with Gasteiger partial charge in [0, 0.05) is 12.7 Å². The molecule has 0 atom stereocenters. The summed E-state index contributed by atoms with van der Waals surface area (Å²) in [5, 5.41) is 12.0. The van der Waals surface area contributed by atoms with E-state index in [4.69, 9.17) is 5.26 Å². The standard InChI is InChI=1S/C15H16N4O/c1-10-17-12-8-11(4-5-13(12)19(10)2)18-14(20)15(9-16)6-3-7-15/h4-5,8H,3,6-7H2,1-2H3,(H,18,20). The van der Waals surface area contributed by atoms with Gasteiger partial charge >= 0.3 is 0 Å². The Morgan fingerprint density at radius 3 is 2.85 bits per heavy atom. The van der Waals surface area contributed by atoms with Crippen molar-refractivity contribution in [3.05, 3.63) is 24.0 Å². The highest BCUT2D eigenvalue weighted by molar-refractivity contribution is 5.99. The lowest BCUT2D eigenvalue weighted by molar-refractivity contribution is -0.126. The van der Waals surface area contributed by atoms with Gasteiger partial charge in [0.05, 0.1) is 17.1 Å². The van der Waals surface area contributed by atoms with E-state index in [-0.39, 0.29) is 5.91 Å². The molecule has 0 aliphatic heterocycles. The number of carbonyl (C=O) groups is 1. The van der Waals surface area contributed by atoms with Crippen LogP contribution in [0.15, 0.2) is 18.2 Å². The summed E-state index contributed by atoms with van der Waals surface area (Å²) in [7, 11) is 1.96. The van der Waals surface area contributed by atoms with E-state index in [1.54, 1.807) is 0 Å². The molecule has 1 aliphatic carbocycles. The molecule has 20 heavy (non-hydrogen) atoms. The maximum atomic E-state index is 12.2. The number of carbonyl (C=O) groups excluding carboxylic acids is 1. The highest BCUT2D eigenvalue weighted by atomic mass is 16.2. The molecule has 1 aromatic carbocycles. The summed E-state index contributed by atoms with van der Waals surface area (Å²) in [5.41, 5.74) is 1.75. The number of nitriles is 1. The number of amides is 1. The van der Waals surface area contributed by atoms with Gasteiger partial charge < -0.3 is 9.88 Å². The first kappa shape index (κ1) is 12.7. The lowest BCUT2D eigenvalue weighted by Gasteiger charge is -2.33. The van der Waals surface area contributed by atoms with Crippen LogP contribution in [0, 0.1) is 23.7 Å². The molecule has 102 valence electrons. The smallest absolute Gasteiger partial charge is 0.244 e.